The first-order valence-corrected chi connectivity index (χ1v) is 12.2. The molecule has 192 valence electrons. The van der Waals surface area contributed by atoms with Gasteiger partial charge in [-0.2, -0.15) is 4.80 Å². The lowest BCUT2D eigenvalue weighted by Crippen LogP contribution is -2.47. The predicted molar refractivity (Wildman–Crippen MR) is 133 cm³/mol. The van der Waals surface area contributed by atoms with Crippen molar-refractivity contribution in [1.29, 1.82) is 0 Å². The van der Waals surface area contributed by atoms with Crippen molar-refractivity contribution in [1.82, 2.24) is 25.5 Å². The van der Waals surface area contributed by atoms with Crippen LogP contribution in [0.1, 0.15) is 43.2 Å². The number of nitrogens with one attached hydrogen (secondary N) is 1. The van der Waals surface area contributed by atoms with Crippen LogP contribution in [0.25, 0.3) is 11.6 Å². The van der Waals surface area contributed by atoms with Crippen LogP contribution in [0.5, 0.6) is 5.75 Å². The van der Waals surface area contributed by atoms with Crippen molar-refractivity contribution in [2.24, 2.45) is 0 Å². The van der Waals surface area contributed by atoms with E-state index in [1.54, 1.807) is 55.6 Å². The maximum absolute atomic E-state index is 13.9. The summed E-state index contributed by atoms with van der Waals surface area (Å²) in [6, 6.07) is 12.9. The average Bonchev–Trinajstić information content (AvgIpc) is 3.71. The van der Waals surface area contributed by atoms with Crippen LogP contribution in [-0.4, -0.2) is 45.2 Å². The third-order valence-electron chi connectivity index (χ3n) is 6.31. The fourth-order valence-corrected chi connectivity index (χ4v) is 4.53. The molecule has 0 unspecified atom stereocenters. The second kappa shape index (κ2) is 10.7. The summed E-state index contributed by atoms with van der Waals surface area (Å²) in [5.41, 5.74) is 0.467. The maximum Gasteiger partial charge on any atom is 0.251 e. The molecule has 3 aromatic heterocycles. The quantitative estimate of drug-likeness (QED) is 0.366. The van der Waals surface area contributed by atoms with Crippen molar-refractivity contribution in [2.45, 2.75) is 51.2 Å². The van der Waals surface area contributed by atoms with E-state index in [4.69, 9.17) is 13.6 Å². The van der Waals surface area contributed by atoms with Crippen LogP contribution < -0.4 is 15.0 Å². The van der Waals surface area contributed by atoms with Crippen molar-refractivity contribution in [3.05, 3.63) is 66.3 Å². The molecule has 11 nitrogen and oxygen atoms in total. The summed E-state index contributed by atoms with van der Waals surface area (Å²) in [7, 11) is 1.54. The highest BCUT2D eigenvalue weighted by Crippen LogP contribution is 2.32. The number of aromatic nitrogens is 4. The molecule has 1 atom stereocenters. The van der Waals surface area contributed by atoms with Gasteiger partial charge in [0.25, 0.3) is 11.8 Å². The van der Waals surface area contributed by atoms with Crippen LogP contribution in [0.3, 0.4) is 0 Å². The summed E-state index contributed by atoms with van der Waals surface area (Å²) in [5, 5.41) is 15.4. The van der Waals surface area contributed by atoms with Crippen LogP contribution in [0.4, 0.5) is 5.69 Å². The first-order valence-electron chi connectivity index (χ1n) is 12.2. The van der Waals surface area contributed by atoms with Crippen LogP contribution >= 0.6 is 0 Å². The SMILES string of the molecule is COc1cccc(N(C(=O)Cn2nnc(-c3ccc(C)o3)n2)[C@@H](C(=O)NC2CCCC2)c2ccco2)c1. The second-order valence-corrected chi connectivity index (χ2v) is 8.93. The molecule has 37 heavy (non-hydrogen) atoms. The smallest absolute Gasteiger partial charge is 0.251 e. The van der Waals surface area contributed by atoms with Gasteiger partial charge in [-0.25, -0.2) is 0 Å². The number of amides is 2. The number of carbonyl (C=O) groups excluding carboxylic acids is 2. The third kappa shape index (κ3) is 5.40. The number of nitrogens with zero attached hydrogens (tertiary/aromatic N) is 5. The lowest BCUT2D eigenvalue weighted by molar-refractivity contribution is -0.128. The Kier molecular flexibility index (Phi) is 7.02. The fourth-order valence-electron chi connectivity index (χ4n) is 4.53. The van der Waals surface area contributed by atoms with Crippen LogP contribution in [0.15, 0.2) is 63.6 Å². The average molecular weight is 505 g/mol. The second-order valence-electron chi connectivity index (χ2n) is 8.93. The van der Waals surface area contributed by atoms with E-state index in [9.17, 15) is 9.59 Å². The number of anilines is 1. The molecule has 1 saturated carbocycles. The Bertz CT molecular complexity index is 1360. The van der Waals surface area contributed by atoms with Gasteiger partial charge in [-0.15, -0.1) is 10.2 Å². The molecular formula is C26H28N6O5. The summed E-state index contributed by atoms with van der Waals surface area (Å²) < 4.78 is 16.6. The van der Waals surface area contributed by atoms with E-state index in [1.807, 2.05) is 6.92 Å². The molecule has 1 fully saturated rings. The molecule has 1 aromatic carbocycles. The topological polar surface area (TPSA) is 129 Å². The zero-order valence-corrected chi connectivity index (χ0v) is 20.7. The number of methoxy groups -OCH3 is 1. The molecule has 0 saturated heterocycles. The highest BCUT2D eigenvalue weighted by molar-refractivity contribution is 6.01. The summed E-state index contributed by atoms with van der Waals surface area (Å²) >= 11 is 0. The van der Waals surface area contributed by atoms with Gasteiger partial charge in [0.05, 0.1) is 13.4 Å². The van der Waals surface area contributed by atoms with Gasteiger partial charge < -0.3 is 18.9 Å². The molecule has 0 aliphatic heterocycles. The molecule has 5 rings (SSSR count). The molecule has 1 aliphatic carbocycles. The Hall–Kier alpha value is -4.41. The highest BCUT2D eigenvalue weighted by atomic mass is 16.5. The number of tetrazole rings is 1. The van der Waals surface area contributed by atoms with Crippen molar-refractivity contribution >= 4 is 17.5 Å². The molecule has 0 radical (unpaired) electrons. The van der Waals surface area contributed by atoms with Gasteiger partial charge >= 0.3 is 0 Å². The first-order chi connectivity index (χ1) is 18.0. The molecule has 2 amide bonds. The molecular weight excluding hydrogens is 476 g/mol. The van der Waals surface area contributed by atoms with Gasteiger partial charge in [0.15, 0.2) is 11.8 Å². The Morgan fingerprint density at radius 2 is 2.03 bits per heavy atom. The van der Waals surface area contributed by atoms with Gasteiger partial charge in [0.2, 0.25) is 5.82 Å². The molecule has 1 aliphatic rings. The standard InChI is InChI=1S/C26H28N6O5/c1-17-12-13-22(37-17)25-28-30-31(29-25)16-23(33)32(19-9-5-10-20(15-19)35-2)24(21-11-6-14-36-21)26(34)27-18-7-3-4-8-18/h5-6,9-15,18,24H,3-4,7-8,16H2,1-2H3,(H,27,34)/t24-/m1/s1. The molecule has 0 bridgehead atoms. The number of benzene rings is 1. The Balaban J connectivity index is 1.49. The van der Waals surface area contributed by atoms with Crippen LogP contribution in [-0.2, 0) is 16.1 Å². The molecule has 4 aromatic rings. The highest BCUT2D eigenvalue weighted by Gasteiger charge is 2.36. The minimum atomic E-state index is -1.05. The Morgan fingerprint density at radius 1 is 1.19 bits per heavy atom. The largest absolute Gasteiger partial charge is 0.497 e. The van der Waals surface area contributed by atoms with E-state index in [-0.39, 0.29) is 24.3 Å². The minimum absolute atomic E-state index is 0.0588. The number of hydrogen-bond acceptors (Lipinski definition) is 8. The molecule has 0 spiro atoms. The molecule has 1 N–H and O–H groups in total. The number of rotatable bonds is 9. The van der Waals surface area contributed by atoms with Crippen molar-refractivity contribution in [3.63, 3.8) is 0 Å². The monoisotopic (exact) mass is 504 g/mol. The third-order valence-corrected chi connectivity index (χ3v) is 6.31. The first kappa shape index (κ1) is 24.3. The van der Waals surface area contributed by atoms with Gasteiger partial charge in [-0.1, -0.05) is 18.9 Å². The van der Waals surface area contributed by atoms with E-state index in [2.05, 4.69) is 20.7 Å². The van der Waals surface area contributed by atoms with Crippen LogP contribution in [0.2, 0.25) is 0 Å². The van der Waals surface area contributed by atoms with E-state index < -0.39 is 11.9 Å². The summed E-state index contributed by atoms with van der Waals surface area (Å²) in [4.78, 5) is 30.1. The Labute approximate surface area is 213 Å². The van der Waals surface area contributed by atoms with Gasteiger partial charge in [0.1, 0.15) is 23.8 Å². The normalized spacial score (nSPS) is 14.4. The fraction of sp³-hybridized carbons (Fsp3) is 0.346. The van der Waals surface area contributed by atoms with Gasteiger partial charge in [0, 0.05) is 17.8 Å². The minimum Gasteiger partial charge on any atom is -0.497 e. The van der Waals surface area contributed by atoms with Gasteiger partial charge in [-0.3, -0.25) is 14.5 Å². The van der Waals surface area contributed by atoms with E-state index in [0.717, 1.165) is 25.7 Å². The van der Waals surface area contributed by atoms with Gasteiger partial charge in [-0.05, 0) is 61.4 Å². The zero-order valence-electron chi connectivity index (χ0n) is 20.7. The number of carbonyl (C=O) groups is 2. The summed E-state index contributed by atoms with van der Waals surface area (Å²) in [6.07, 6.45) is 5.41. The molecule has 11 heteroatoms. The predicted octanol–water partition coefficient (Wildman–Crippen LogP) is 3.68. The summed E-state index contributed by atoms with van der Waals surface area (Å²) in [6.45, 7) is 1.55. The zero-order chi connectivity index (χ0) is 25.8. The molecule has 3 heterocycles. The maximum atomic E-state index is 13.9. The summed E-state index contributed by atoms with van der Waals surface area (Å²) in [5.74, 6) is 1.54. The lowest BCUT2D eigenvalue weighted by atomic mass is 10.1. The van der Waals surface area contributed by atoms with E-state index >= 15 is 0 Å². The number of ether oxygens (including phenoxy) is 1. The lowest BCUT2D eigenvalue weighted by Gasteiger charge is -2.30. The van der Waals surface area contributed by atoms with E-state index in [0.29, 0.717) is 28.7 Å². The van der Waals surface area contributed by atoms with E-state index in [1.165, 1.54) is 16.0 Å². The van der Waals surface area contributed by atoms with Crippen molar-refractivity contribution in [2.75, 3.05) is 12.0 Å². The number of hydrogen-bond donors (Lipinski definition) is 1. The van der Waals surface area contributed by atoms with Crippen molar-refractivity contribution < 1.29 is 23.2 Å². The number of aryl methyl sites for hydroxylation is 1. The number of furan rings is 2. The van der Waals surface area contributed by atoms with Crippen molar-refractivity contribution in [3.8, 4) is 17.3 Å². The van der Waals surface area contributed by atoms with Crippen LogP contribution in [0, 0.1) is 6.92 Å². The Morgan fingerprint density at radius 3 is 2.73 bits per heavy atom.